The van der Waals surface area contributed by atoms with Crippen LogP contribution in [0.1, 0.15) is 18.6 Å². The third-order valence-corrected chi connectivity index (χ3v) is 3.17. The molecule has 1 aromatic rings. The summed E-state index contributed by atoms with van der Waals surface area (Å²) in [4.78, 5) is 0. The summed E-state index contributed by atoms with van der Waals surface area (Å²) in [7, 11) is 0. The lowest BCUT2D eigenvalue weighted by molar-refractivity contribution is -0.0485. The number of benzene rings is 1. The van der Waals surface area contributed by atoms with E-state index in [4.69, 9.17) is 4.74 Å². The summed E-state index contributed by atoms with van der Waals surface area (Å²) in [6.07, 6.45) is 0.558. The monoisotopic (exact) mass is 303 g/mol. The Morgan fingerprint density at radius 1 is 1.29 bits per heavy atom. The fourth-order valence-corrected chi connectivity index (χ4v) is 2.66. The van der Waals surface area contributed by atoms with E-state index in [0.29, 0.717) is 6.10 Å². The summed E-state index contributed by atoms with van der Waals surface area (Å²) in [5.74, 6) is 0. The van der Waals surface area contributed by atoms with Crippen molar-refractivity contribution in [1.29, 1.82) is 0 Å². The fourth-order valence-electron chi connectivity index (χ4n) is 1.75. The number of hydrogen-bond acceptors (Lipinski definition) is 2. The van der Waals surface area contributed by atoms with Crippen LogP contribution in [-0.4, -0.2) is 22.3 Å². The Morgan fingerprint density at radius 2 is 2.00 bits per heavy atom. The minimum absolute atomic E-state index is 0.233. The van der Waals surface area contributed by atoms with Gasteiger partial charge in [0.2, 0.25) is 0 Å². The van der Waals surface area contributed by atoms with E-state index in [1.807, 2.05) is 6.07 Å². The molecular weight excluding hydrogens is 289 g/mol. The minimum atomic E-state index is 0.233. The van der Waals surface area contributed by atoms with Gasteiger partial charge in [-0.15, -0.1) is 0 Å². The highest BCUT2D eigenvalue weighted by atomic mass is 127. The summed E-state index contributed by atoms with van der Waals surface area (Å²) in [5, 5.41) is 0. The molecule has 2 unspecified atom stereocenters. The van der Waals surface area contributed by atoms with E-state index < -0.39 is 0 Å². The first-order chi connectivity index (χ1) is 6.75. The van der Waals surface area contributed by atoms with E-state index >= 15 is 0 Å². The van der Waals surface area contributed by atoms with Crippen molar-refractivity contribution in [3.63, 3.8) is 0 Å². The van der Waals surface area contributed by atoms with Gasteiger partial charge in [-0.2, -0.15) is 0 Å². The Morgan fingerprint density at radius 3 is 2.64 bits per heavy atom. The average molecular weight is 303 g/mol. The van der Waals surface area contributed by atoms with Crippen molar-refractivity contribution in [3.05, 3.63) is 35.9 Å². The normalized spacial score (nSPS) is 29.0. The predicted molar refractivity (Wildman–Crippen MR) is 65.3 cm³/mol. The number of hydrogen-bond donors (Lipinski definition) is 0. The first-order valence-corrected chi connectivity index (χ1v) is 5.83. The highest BCUT2D eigenvalue weighted by Gasteiger charge is 2.24. The molecule has 1 heterocycles. The van der Waals surface area contributed by atoms with Gasteiger partial charge in [-0.3, -0.25) is 0 Å². The molecule has 1 saturated heterocycles. The van der Waals surface area contributed by atoms with E-state index in [1.165, 1.54) is 5.56 Å². The molecule has 2 rings (SSSR count). The summed E-state index contributed by atoms with van der Waals surface area (Å²) in [6, 6.07) is 10.4. The van der Waals surface area contributed by atoms with Gasteiger partial charge in [-0.05, 0) is 12.5 Å². The predicted octanol–water partition coefficient (Wildman–Crippen LogP) is 2.80. The lowest BCUT2D eigenvalue weighted by Gasteiger charge is -2.33. The zero-order valence-electron chi connectivity index (χ0n) is 8.19. The van der Waals surface area contributed by atoms with Crippen LogP contribution in [0, 0.1) is 0 Å². The molecule has 14 heavy (non-hydrogen) atoms. The van der Waals surface area contributed by atoms with Gasteiger partial charge in [0.1, 0.15) is 0 Å². The van der Waals surface area contributed by atoms with Crippen molar-refractivity contribution in [3.8, 4) is 0 Å². The Labute approximate surface area is 98.7 Å². The second-order valence-corrected chi connectivity index (χ2v) is 5.04. The van der Waals surface area contributed by atoms with Crippen molar-refractivity contribution in [2.75, 3.05) is 13.1 Å². The third kappa shape index (κ3) is 2.46. The maximum atomic E-state index is 5.90. The Kier molecular flexibility index (Phi) is 3.41. The quantitative estimate of drug-likeness (QED) is 0.584. The van der Waals surface area contributed by atoms with Crippen LogP contribution in [0.15, 0.2) is 30.3 Å². The van der Waals surface area contributed by atoms with Crippen LogP contribution in [-0.2, 0) is 4.74 Å². The molecule has 0 amide bonds. The van der Waals surface area contributed by atoms with Crippen molar-refractivity contribution < 1.29 is 4.74 Å². The van der Waals surface area contributed by atoms with E-state index in [0.717, 1.165) is 13.1 Å². The van der Waals surface area contributed by atoms with Gasteiger partial charge in [-0.25, -0.2) is 3.11 Å². The Hall–Kier alpha value is -0.130. The number of morpholine rings is 1. The van der Waals surface area contributed by atoms with Crippen molar-refractivity contribution in [2.24, 2.45) is 0 Å². The molecule has 1 aromatic carbocycles. The summed E-state index contributed by atoms with van der Waals surface area (Å²) < 4.78 is 8.19. The second kappa shape index (κ2) is 4.59. The lowest BCUT2D eigenvalue weighted by Crippen LogP contribution is -2.37. The van der Waals surface area contributed by atoms with Crippen LogP contribution in [0.4, 0.5) is 0 Å². The number of halogens is 1. The Bertz CT molecular complexity index is 281. The second-order valence-electron chi connectivity index (χ2n) is 3.67. The molecule has 1 aliphatic rings. The standard InChI is InChI=1S/C11H14INO/c1-9-7-13(12)8-11(14-9)10-5-3-2-4-6-10/h2-6,9,11H,7-8H2,1H3. The SMILES string of the molecule is CC1CN(I)CC(c2ccccc2)O1. The molecule has 0 aromatic heterocycles. The van der Waals surface area contributed by atoms with Gasteiger partial charge in [-0.1, -0.05) is 30.3 Å². The zero-order valence-corrected chi connectivity index (χ0v) is 10.3. The van der Waals surface area contributed by atoms with Gasteiger partial charge in [0, 0.05) is 36.0 Å². The lowest BCUT2D eigenvalue weighted by atomic mass is 10.1. The van der Waals surface area contributed by atoms with Crippen molar-refractivity contribution in [2.45, 2.75) is 19.1 Å². The van der Waals surface area contributed by atoms with E-state index in [9.17, 15) is 0 Å². The molecule has 0 bridgehead atoms. The number of rotatable bonds is 1. The number of ether oxygens (including phenoxy) is 1. The van der Waals surface area contributed by atoms with E-state index in [1.54, 1.807) is 0 Å². The third-order valence-electron chi connectivity index (χ3n) is 2.39. The molecule has 76 valence electrons. The molecule has 0 saturated carbocycles. The average Bonchev–Trinajstić information content (AvgIpc) is 2.18. The Balaban J connectivity index is 2.11. The molecule has 3 heteroatoms. The molecule has 0 N–H and O–H groups in total. The van der Waals surface area contributed by atoms with Crippen LogP contribution in [0.3, 0.4) is 0 Å². The largest absolute Gasteiger partial charge is 0.368 e. The zero-order chi connectivity index (χ0) is 9.97. The van der Waals surface area contributed by atoms with E-state index in [2.05, 4.69) is 57.2 Å². The first-order valence-electron chi connectivity index (χ1n) is 4.87. The maximum Gasteiger partial charge on any atom is 0.0964 e. The van der Waals surface area contributed by atoms with Crippen LogP contribution >= 0.6 is 22.9 Å². The molecule has 0 radical (unpaired) electrons. The molecule has 2 nitrogen and oxygen atoms in total. The molecule has 1 aliphatic heterocycles. The molecule has 1 fully saturated rings. The molecule has 0 spiro atoms. The van der Waals surface area contributed by atoms with Crippen LogP contribution in [0.25, 0.3) is 0 Å². The van der Waals surface area contributed by atoms with Crippen molar-refractivity contribution in [1.82, 2.24) is 3.11 Å². The van der Waals surface area contributed by atoms with Crippen molar-refractivity contribution >= 4 is 22.9 Å². The molecular formula is C11H14INO. The summed E-state index contributed by atoms with van der Waals surface area (Å²) in [6.45, 7) is 4.12. The smallest absolute Gasteiger partial charge is 0.0964 e. The van der Waals surface area contributed by atoms with Crippen LogP contribution in [0.2, 0.25) is 0 Å². The topological polar surface area (TPSA) is 12.5 Å². The van der Waals surface area contributed by atoms with Gasteiger partial charge in [0.05, 0.1) is 12.2 Å². The van der Waals surface area contributed by atoms with Gasteiger partial charge in [0.15, 0.2) is 0 Å². The molecule has 2 atom stereocenters. The molecule has 0 aliphatic carbocycles. The minimum Gasteiger partial charge on any atom is -0.368 e. The van der Waals surface area contributed by atoms with Crippen LogP contribution in [0.5, 0.6) is 0 Å². The highest BCUT2D eigenvalue weighted by molar-refractivity contribution is 14.1. The maximum absolute atomic E-state index is 5.90. The first kappa shape index (κ1) is 10.4. The van der Waals surface area contributed by atoms with E-state index in [-0.39, 0.29) is 6.10 Å². The highest BCUT2D eigenvalue weighted by Crippen LogP contribution is 2.26. The fraction of sp³-hybridized carbons (Fsp3) is 0.455. The van der Waals surface area contributed by atoms with Gasteiger partial charge in [0.25, 0.3) is 0 Å². The summed E-state index contributed by atoms with van der Waals surface area (Å²) >= 11 is 2.37. The summed E-state index contributed by atoms with van der Waals surface area (Å²) in [5.41, 5.74) is 1.28. The van der Waals surface area contributed by atoms with Gasteiger partial charge < -0.3 is 4.74 Å². The van der Waals surface area contributed by atoms with Gasteiger partial charge >= 0.3 is 0 Å². The van der Waals surface area contributed by atoms with Crippen LogP contribution < -0.4 is 0 Å². The number of nitrogens with zero attached hydrogens (tertiary/aromatic N) is 1.